The average molecular weight is 637 g/mol. The van der Waals surface area contributed by atoms with E-state index in [9.17, 15) is 29.4 Å². The Hall–Kier alpha value is -6.16. The molecular formula is C37H32O10. The first-order valence-corrected chi connectivity index (χ1v) is 14.0. The van der Waals surface area contributed by atoms with Crippen LogP contribution in [0.3, 0.4) is 0 Å². The summed E-state index contributed by atoms with van der Waals surface area (Å²) in [5.41, 5.74) is 3.61. The highest BCUT2D eigenvalue weighted by Gasteiger charge is 2.15. The van der Waals surface area contributed by atoms with Crippen molar-refractivity contribution in [3.8, 4) is 45.3 Å². The smallest absolute Gasteiger partial charge is 0.308 e. The lowest BCUT2D eigenvalue weighted by Gasteiger charge is -2.09. The highest BCUT2D eigenvalue weighted by Crippen LogP contribution is 2.29. The first-order valence-electron chi connectivity index (χ1n) is 14.0. The molecule has 0 fully saturated rings. The number of phenols is 2. The maximum Gasteiger partial charge on any atom is 0.308 e. The van der Waals surface area contributed by atoms with Crippen LogP contribution in [0, 0.1) is 13.8 Å². The van der Waals surface area contributed by atoms with E-state index in [1.54, 1.807) is 68.4 Å². The molecule has 2 N–H and O–H groups in total. The van der Waals surface area contributed by atoms with Gasteiger partial charge in [0.05, 0.1) is 21.9 Å². The summed E-state index contributed by atoms with van der Waals surface area (Å²) in [7, 11) is 0. The molecule has 0 atom stereocenters. The van der Waals surface area contributed by atoms with Crippen molar-refractivity contribution in [2.24, 2.45) is 0 Å². The van der Waals surface area contributed by atoms with Crippen molar-refractivity contribution >= 4 is 33.9 Å². The molecule has 240 valence electrons. The SMILES string of the molecule is C.CC(=O)Oc1ccc(-c2coc3c(C)c(OC(C)=O)ccc3c2=O)cc1.Cc1c(O)ccc2c(=O)c(-c3ccc(O)cc3)coc12. The Labute approximate surface area is 269 Å². The van der Waals surface area contributed by atoms with Gasteiger partial charge in [0.2, 0.25) is 10.9 Å². The molecule has 0 unspecified atom stereocenters. The van der Waals surface area contributed by atoms with E-state index in [0.717, 1.165) is 0 Å². The molecule has 10 heteroatoms. The van der Waals surface area contributed by atoms with Crippen LogP contribution in [0.15, 0.2) is 104 Å². The lowest BCUT2D eigenvalue weighted by atomic mass is 10.0. The molecule has 4 aromatic carbocycles. The average Bonchev–Trinajstić information content (AvgIpc) is 3.02. The molecule has 6 rings (SSSR count). The van der Waals surface area contributed by atoms with Crippen molar-refractivity contribution in [3.05, 3.63) is 117 Å². The van der Waals surface area contributed by atoms with Crippen molar-refractivity contribution in [2.45, 2.75) is 35.1 Å². The Morgan fingerprint density at radius 1 is 0.617 bits per heavy atom. The number of phenolic OH excluding ortho intramolecular Hbond substituents is 2. The zero-order valence-electron chi connectivity index (χ0n) is 25.2. The minimum atomic E-state index is -0.445. The quantitative estimate of drug-likeness (QED) is 0.147. The van der Waals surface area contributed by atoms with Crippen molar-refractivity contribution in [3.63, 3.8) is 0 Å². The van der Waals surface area contributed by atoms with Gasteiger partial charge in [0.15, 0.2) is 0 Å². The maximum absolute atomic E-state index is 12.8. The predicted molar refractivity (Wildman–Crippen MR) is 178 cm³/mol. The fraction of sp³-hybridized carbons (Fsp3) is 0.135. The molecule has 0 aliphatic heterocycles. The molecular weight excluding hydrogens is 604 g/mol. The number of carbonyl (C=O) groups is 2. The number of hydrogen-bond donors (Lipinski definition) is 2. The van der Waals surface area contributed by atoms with Gasteiger partial charge in [-0.05, 0) is 73.5 Å². The number of aryl methyl sites for hydroxylation is 2. The van der Waals surface area contributed by atoms with E-state index in [4.69, 9.17) is 18.3 Å². The highest BCUT2D eigenvalue weighted by molar-refractivity contribution is 5.87. The second-order valence-corrected chi connectivity index (χ2v) is 10.4. The standard InChI is InChI=1S/C20H16O6.C16H12O4.CH4/c1-11-18(26-13(3)22)9-8-16-19(23)17(10-24-20(11)16)14-4-6-15(7-5-14)25-12(2)21;1-9-14(18)7-6-12-15(19)13(8-20-16(9)12)10-2-4-11(17)5-3-10;/h4-10H,1-3H3;2-8,17-18H,1H3;1H4. The third-order valence-electron chi connectivity index (χ3n) is 7.16. The number of benzene rings is 4. The van der Waals surface area contributed by atoms with E-state index in [1.807, 2.05) is 0 Å². The molecule has 0 aliphatic rings. The molecule has 0 saturated heterocycles. The molecule has 47 heavy (non-hydrogen) atoms. The predicted octanol–water partition coefficient (Wildman–Crippen LogP) is 7.43. The Morgan fingerprint density at radius 2 is 1.09 bits per heavy atom. The molecule has 2 aromatic heterocycles. The Kier molecular flexibility index (Phi) is 9.95. The highest BCUT2D eigenvalue weighted by atomic mass is 16.5. The first kappa shape index (κ1) is 33.7. The second kappa shape index (κ2) is 13.9. The summed E-state index contributed by atoms with van der Waals surface area (Å²) < 4.78 is 21.2. The lowest BCUT2D eigenvalue weighted by Crippen LogP contribution is -2.07. The summed E-state index contributed by atoms with van der Waals surface area (Å²) in [6, 6.07) is 19.1. The van der Waals surface area contributed by atoms with Crippen LogP contribution in [0.25, 0.3) is 44.2 Å². The number of ether oxygens (including phenoxy) is 2. The summed E-state index contributed by atoms with van der Waals surface area (Å²) in [6.07, 6.45) is 2.75. The minimum Gasteiger partial charge on any atom is -0.508 e. The molecule has 0 aliphatic carbocycles. The van der Waals surface area contributed by atoms with Crippen LogP contribution in [-0.2, 0) is 9.59 Å². The van der Waals surface area contributed by atoms with Gasteiger partial charge in [0.1, 0.15) is 46.7 Å². The zero-order chi connectivity index (χ0) is 33.1. The van der Waals surface area contributed by atoms with Gasteiger partial charge in [0, 0.05) is 25.0 Å². The minimum absolute atomic E-state index is 0. The van der Waals surface area contributed by atoms with Crippen molar-refractivity contribution < 1.29 is 38.1 Å². The summed E-state index contributed by atoms with van der Waals surface area (Å²) in [6.45, 7) is 6.04. The molecule has 6 aromatic rings. The van der Waals surface area contributed by atoms with E-state index in [1.165, 1.54) is 44.6 Å². The third kappa shape index (κ3) is 7.07. The van der Waals surface area contributed by atoms with E-state index >= 15 is 0 Å². The second-order valence-electron chi connectivity index (χ2n) is 10.4. The van der Waals surface area contributed by atoms with Gasteiger partial charge in [-0.15, -0.1) is 0 Å². The van der Waals surface area contributed by atoms with Crippen LogP contribution in [0.1, 0.15) is 32.4 Å². The number of aromatic hydroxyl groups is 2. The van der Waals surface area contributed by atoms with E-state index in [2.05, 4.69) is 0 Å². The number of fused-ring (bicyclic) bond motifs is 2. The van der Waals surface area contributed by atoms with Crippen LogP contribution < -0.4 is 20.3 Å². The number of esters is 2. The summed E-state index contributed by atoms with van der Waals surface area (Å²) >= 11 is 0. The largest absolute Gasteiger partial charge is 0.508 e. The van der Waals surface area contributed by atoms with Gasteiger partial charge in [-0.2, -0.15) is 0 Å². The number of hydrogen-bond acceptors (Lipinski definition) is 10. The first-order chi connectivity index (χ1) is 21.9. The van der Waals surface area contributed by atoms with Crippen LogP contribution in [0.5, 0.6) is 23.0 Å². The molecule has 10 nitrogen and oxygen atoms in total. The van der Waals surface area contributed by atoms with Gasteiger partial charge < -0.3 is 28.5 Å². The van der Waals surface area contributed by atoms with Crippen LogP contribution >= 0.6 is 0 Å². The molecule has 0 amide bonds. The number of rotatable bonds is 4. The van der Waals surface area contributed by atoms with Gasteiger partial charge in [-0.1, -0.05) is 31.7 Å². The monoisotopic (exact) mass is 636 g/mol. The Balaban J connectivity index is 0.000000215. The maximum atomic E-state index is 12.8. The number of carbonyl (C=O) groups excluding carboxylic acids is 2. The molecule has 0 radical (unpaired) electrons. The van der Waals surface area contributed by atoms with Gasteiger partial charge >= 0.3 is 11.9 Å². The summed E-state index contributed by atoms with van der Waals surface area (Å²) in [5, 5.41) is 19.7. The van der Waals surface area contributed by atoms with Gasteiger partial charge in [-0.3, -0.25) is 19.2 Å². The Bertz CT molecular complexity index is 2220. The lowest BCUT2D eigenvalue weighted by molar-refractivity contribution is -0.132. The van der Waals surface area contributed by atoms with Gasteiger partial charge in [0.25, 0.3) is 0 Å². The summed E-state index contributed by atoms with van der Waals surface area (Å²) in [4.78, 5) is 47.4. The Morgan fingerprint density at radius 3 is 1.60 bits per heavy atom. The van der Waals surface area contributed by atoms with E-state index in [0.29, 0.717) is 66.8 Å². The fourth-order valence-corrected chi connectivity index (χ4v) is 4.82. The van der Waals surface area contributed by atoms with Crippen LogP contribution in [-0.4, -0.2) is 22.2 Å². The van der Waals surface area contributed by atoms with Crippen molar-refractivity contribution in [2.75, 3.05) is 0 Å². The molecule has 0 saturated carbocycles. The van der Waals surface area contributed by atoms with Gasteiger partial charge in [-0.25, -0.2) is 0 Å². The van der Waals surface area contributed by atoms with E-state index in [-0.39, 0.29) is 29.8 Å². The van der Waals surface area contributed by atoms with E-state index < -0.39 is 11.9 Å². The zero-order valence-corrected chi connectivity index (χ0v) is 25.2. The van der Waals surface area contributed by atoms with Crippen molar-refractivity contribution in [1.82, 2.24) is 0 Å². The molecule has 0 bridgehead atoms. The third-order valence-corrected chi connectivity index (χ3v) is 7.16. The molecule has 0 spiro atoms. The van der Waals surface area contributed by atoms with Crippen LogP contribution in [0.2, 0.25) is 0 Å². The fourth-order valence-electron chi connectivity index (χ4n) is 4.82. The summed E-state index contributed by atoms with van der Waals surface area (Å²) in [5.74, 6) is 0.124. The van der Waals surface area contributed by atoms with Crippen molar-refractivity contribution in [1.29, 1.82) is 0 Å². The van der Waals surface area contributed by atoms with Crippen LogP contribution in [0.4, 0.5) is 0 Å². The normalized spacial score (nSPS) is 10.5. The molecule has 2 heterocycles. The topological polar surface area (TPSA) is 153 Å².